The van der Waals surface area contributed by atoms with Crippen LogP contribution < -0.4 is 4.31 Å². The highest BCUT2D eigenvalue weighted by molar-refractivity contribution is 7.93. The monoisotopic (exact) mass is 440 g/mol. The van der Waals surface area contributed by atoms with E-state index in [2.05, 4.69) is 10.1 Å². The Morgan fingerprint density at radius 2 is 1.97 bits per heavy atom. The Hall–Kier alpha value is -3.04. The van der Waals surface area contributed by atoms with Gasteiger partial charge in [0.2, 0.25) is 15.8 Å². The van der Waals surface area contributed by atoms with Gasteiger partial charge in [0.05, 0.1) is 33.3 Å². The van der Waals surface area contributed by atoms with E-state index >= 15 is 0 Å². The van der Waals surface area contributed by atoms with Crippen molar-refractivity contribution in [3.8, 4) is 11.3 Å². The average molecular weight is 441 g/mol. The zero-order valence-corrected chi connectivity index (χ0v) is 18.3. The van der Waals surface area contributed by atoms with Crippen molar-refractivity contribution in [3.63, 3.8) is 0 Å². The van der Waals surface area contributed by atoms with Crippen molar-refractivity contribution in [3.05, 3.63) is 70.7 Å². The van der Waals surface area contributed by atoms with Gasteiger partial charge in [-0.05, 0) is 43.5 Å². The molecule has 9 heteroatoms. The first-order valence-corrected chi connectivity index (χ1v) is 11.7. The fourth-order valence-corrected chi connectivity index (χ4v) is 4.85. The maximum Gasteiger partial charge on any atom is 0.237 e. The second-order valence-corrected chi connectivity index (χ2v) is 10.5. The van der Waals surface area contributed by atoms with Gasteiger partial charge in [-0.15, -0.1) is 11.3 Å². The second-order valence-electron chi connectivity index (χ2n) is 7.04. The van der Waals surface area contributed by atoms with E-state index in [-0.39, 0.29) is 5.78 Å². The summed E-state index contributed by atoms with van der Waals surface area (Å²) in [6.07, 6.45) is 3.14. The standard InChI is InChI=1S/C21H20N4O3S2/c1-14(2)30(27,28)24(3)16-7-4-6-15(12-16)18-9-10-22-21-17(13-23-25(18)21)20(26)19-8-5-11-29-19/h4-14H,1-3H3. The molecule has 0 radical (unpaired) electrons. The van der Waals surface area contributed by atoms with Gasteiger partial charge < -0.3 is 0 Å². The first-order valence-electron chi connectivity index (χ1n) is 9.30. The number of hydrogen-bond donors (Lipinski definition) is 0. The fraction of sp³-hybridized carbons (Fsp3) is 0.190. The molecule has 0 atom stereocenters. The predicted molar refractivity (Wildman–Crippen MR) is 119 cm³/mol. The molecule has 0 amide bonds. The van der Waals surface area contributed by atoms with E-state index in [4.69, 9.17) is 0 Å². The normalized spacial score (nSPS) is 11.9. The van der Waals surface area contributed by atoms with Crippen LogP contribution in [0, 0.1) is 0 Å². The SMILES string of the molecule is CC(C)S(=O)(=O)N(C)c1cccc(-c2ccnc3c(C(=O)c4cccs4)cnn23)c1. The number of anilines is 1. The van der Waals surface area contributed by atoms with Crippen LogP contribution in [0.4, 0.5) is 5.69 Å². The average Bonchev–Trinajstić information content (AvgIpc) is 3.42. The van der Waals surface area contributed by atoms with E-state index in [0.29, 0.717) is 27.5 Å². The summed E-state index contributed by atoms with van der Waals surface area (Å²) < 4.78 is 28.0. The highest BCUT2D eigenvalue weighted by atomic mass is 32.2. The van der Waals surface area contributed by atoms with Gasteiger partial charge in [-0.1, -0.05) is 18.2 Å². The highest BCUT2D eigenvalue weighted by Gasteiger charge is 2.23. The smallest absolute Gasteiger partial charge is 0.237 e. The van der Waals surface area contributed by atoms with E-state index in [1.165, 1.54) is 21.8 Å². The first kappa shape index (κ1) is 20.2. The van der Waals surface area contributed by atoms with E-state index in [1.807, 2.05) is 17.5 Å². The summed E-state index contributed by atoms with van der Waals surface area (Å²) in [5, 5.41) is 5.70. The van der Waals surface area contributed by atoms with Gasteiger partial charge in [-0.3, -0.25) is 9.10 Å². The van der Waals surface area contributed by atoms with Gasteiger partial charge in [0.1, 0.15) is 0 Å². The van der Waals surface area contributed by atoms with Crippen molar-refractivity contribution in [2.24, 2.45) is 0 Å². The molecular formula is C21H20N4O3S2. The lowest BCUT2D eigenvalue weighted by atomic mass is 10.1. The Morgan fingerprint density at radius 1 is 1.17 bits per heavy atom. The van der Waals surface area contributed by atoms with Crippen molar-refractivity contribution in [1.29, 1.82) is 0 Å². The predicted octanol–water partition coefficient (Wildman–Crippen LogP) is 3.86. The van der Waals surface area contributed by atoms with Crippen molar-refractivity contribution in [2.75, 3.05) is 11.4 Å². The molecule has 0 saturated heterocycles. The number of aromatic nitrogens is 3. The number of nitrogens with zero attached hydrogens (tertiary/aromatic N) is 4. The van der Waals surface area contributed by atoms with Gasteiger partial charge in [0, 0.05) is 18.8 Å². The van der Waals surface area contributed by atoms with Crippen LogP contribution in [-0.4, -0.2) is 41.1 Å². The highest BCUT2D eigenvalue weighted by Crippen LogP contribution is 2.28. The van der Waals surface area contributed by atoms with Crippen molar-refractivity contribution in [1.82, 2.24) is 14.6 Å². The molecule has 0 spiro atoms. The van der Waals surface area contributed by atoms with Crippen LogP contribution in [0.2, 0.25) is 0 Å². The number of carbonyl (C=O) groups is 1. The molecule has 0 aliphatic carbocycles. The molecule has 3 aromatic heterocycles. The lowest BCUT2D eigenvalue weighted by molar-refractivity contribution is 0.104. The van der Waals surface area contributed by atoms with E-state index < -0.39 is 15.3 Å². The van der Waals surface area contributed by atoms with Crippen LogP contribution in [0.5, 0.6) is 0 Å². The number of sulfonamides is 1. The Kier molecular flexibility index (Phi) is 5.17. The number of hydrogen-bond acceptors (Lipinski definition) is 6. The van der Waals surface area contributed by atoms with Crippen LogP contribution >= 0.6 is 11.3 Å². The summed E-state index contributed by atoms with van der Waals surface area (Å²) in [7, 11) is -1.90. The van der Waals surface area contributed by atoms with Crippen LogP contribution in [0.25, 0.3) is 16.9 Å². The molecule has 1 aromatic carbocycles. The third kappa shape index (κ3) is 3.40. The van der Waals surface area contributed by atoms with Crippen LogP contribution in [0.1, 0.15) is 29.1 Å². The van der Waals surface area contributed by atoms with Gasteiger partial charge in [0.15, 0.2) is 5.65 Å². The fourth-order valence-electron chi connectivity index (χ4n) is 3.14. The second kappa shape index (κ2) is 7.66. The number of thiophene rings is 1. The van der Waals surface area contributed by atoms with Crippen molar-refractivity contribution < 1.29 is 13.2 Å². The summed E-state index contributed by atoms with van der Waals surface area (Å²) in [6.45, 7) is 3.30. The number of carbonyl (C=O) groups excluding carboxylic acids is 1. The number of fused-ring (bicyclic) bond motifs is 1. The minimum atomic E-state index is -3.45. The molecule has 30 heavy (non-hydrogen) atoms. The van der Waals surface area contributed by atoms with E-state index in [1.54, 1.807) is 61.9 Å². The van der Waals surface area contributed by atoms with Crippen molar-refractivity contribution >= 4 is 38.5 Å². The third-order valence-corrected chi connectivity index (χ3v) is 7.91. The molecule has 0 unspecified atom stereocenters. The molecule has 4 aromatic rings. The number of rotatable bonds is 6. The quantitative estimate of drug-likeness (QED) is 0.425. The largest absolute Gasteiger partial charge is 0.287 e. The molecule has 4 rings (SSSR count). The Bertz CT molecular complexity index is 1330. The minimum absolute atomic E-state index is 0.124. The molecular weight excluding hydrogens is 420 g/mol. The van der Waals surface area contributed by atoms with Gasteiger partial charge in [-0.25, -0.2) is 17.9 Å². The van der Waals surface area contributed by atoms with E-state index in [0.717, 1.165) is 5.56 Å². The van der Waals surface area contributed by atoms with Gasteiger partial charge in [-0.2, -0.15) is 5.10 Å². The van der Waals surface area contributed by atoms with Gasteiger partial charge in [0.25, 0.3) is 0 Å². The van der Waals surface area contributed by atoms with Crippen LogP contribution in [-0.2, 0) is 10.0 Å². The Morgan fingerprint density at radius 3 is 2.67 bits per heavy atom. The molecule has 0 N–H and O–H groups in total. The Balaban J connectivity index is 1.79. The molecule has 0 aliphatic rings. The molecule has 0 bridgehead atoms. The zero-order valence-electron chi connectivity index (χ0n) is 16.7. The summed E-state index contributed by atoms with van der Waals surface area (Å²) in [4.78, 5) is 17.8. The summed E-state index contributed by atoms with van der Waals surface area (Å²) in [5.41, 5.74) is 2.91. The minimum Gasteiger partial charge on any atom is -0.287 e. The van der Waals surface area contributed by atoms with Gasteiger partial charge >= 0.3 is 0 Å². The number of ketones is 1. The summed E-state index contributed by atoms with van der Waals surface area (Å²) in [6, 6.07) is 12.6. The number of benzene rings is 1. The van der Waals surface area contributed by atoms with Crippen LogP contribution in [0.3, 0.4) is 0 Å². The molecule has 3 heterocycles. The topological polar surface area (TPSA) is 84.6 Å². The maximum atomic E-state index is 12.8. The first-order chi connectivity index (χ1) is 14.3. The summed E-state index contributed by atoms with van der Waals surface area (Å²) >= 11 is 1.37. The van der Waals surface area contributed by atoms with E-state index in [9.17, 15) is 13.2 Å². The lowest BCUT2D eigenvalue weighted by Gasteiger charge is -2.22. The molecule has 0 fully saturated rings. The molecule has 0 aliphatic heterocycles. The zero-order chi connectivity index (χ0) is 21.5. The maximum absolute atomic E-state index is 12.8. The third-order valence-electron chi connectivity index (χ3n) is 4.87. The lowest BCUT2D eigenvalue weighted by Crippen LogP contribution is -2.32. The van der Waals surface area contributed by atoms with Crippen LogP contribution in [0.15, 0.2) is 60.2 Å². The molecule has 154 valence electrons. The molecule has 0 saturated carbocycles. The summed E-state index contributed by atoms with van der Waals surface area (Å²) in [5.74, 6) is -0.124. The Labute approximate surface area is 178 Å². The van der Waals surface area contributed by atoms with Crippen molar-refractivity contribution in [2.45, 2.75) is 19.1 Å². The molecule has 7 nitrogen and oxygen atoms in total.